The van der Waals surface area contributed by atoms with E-state index < -0.39 is 0 Å². The Morgan fingerprint density at radius 1 is 0.667 bits per heavy atom. The molecule has 106 valence electrons. The van der Waals surface area contributed by atoms with Crippen molar-refractivity contribution >= 4 is 12.7 Å². The fourth-order valence-corrected chi connectivity index (χ4v) is 1.55. The molecule has 0 aromatic rings. The first kappa shape index (κ1) is 16.9. The van der Waals surface area contributed by atoms with Gasteiger partial charge in [0.2, 0.25) is 0 Å². The normalized spacial score (nSPS) is 11.4. The van der Waals surface area contributed by atoms with Crippen molar-refractivity contribution in [2.24, 2.45) is 9.98 Å². The first-order valence-electron chi connectivity index (χ1n) is 7.35. The van der Waals surface area contributed by atoms with Crippen LogP contribution in [0.3, 0.4) is 0 Å². The molecule has 0 bridgehead atoms. The highest BCUT2D eigenvalue weighted by Crippen LogP contribution is 2.05. The van der Waals surface area contributed by atoms with Gasteiger partial charge in [0.15, 0.2) is 0 Å². The minimum atomic E-state index is 0.958. The lowest BCUT2D eigenvalue weighted by Gasteiger charge is -1.99. The third-order valence-electron chi connectivity index (χ3n) is 2.60. The highest BCUT2D eigenvalue weighted by molar-refractivity contribution is 5.54. The summed E-state index contributed by atoms with van der Waals surface area (Å²) >= 11 is 0. The molecular weight excluding hydrogens is 224 g/mol. The summed E-state index contributed by atoms with van der Waals surface area (Å²) in [6.45, 7) is 7.99. The molecule has 2 N–H and O–H groups in total. The fourth-order valence-electron chi connectivity index (χ4n) is 1.55. The summed E-state index contributed by atoms with van der Waals surface area (Å²) in [6.07, 6.45) is 11.3. The molecule has 0 heterocycles. The number of unbranched alkanes of at least 4 members (excludes halogenated alkanes) is 5. The van der Waals surface area contributed by atoms with Crippen molar-refractivity contribution in [3.05, 3.63) is 0 Å². The number of nitrogens with one attached hydrogen (secondary N) is 2. The zero-order chi connectivity index (χ0) is 13.3. The Morgan fingerprint density at radius 2 is 1.06 bits per heavy atom. The van der Waals surface area contributed by atoms with Gasteiger partial charge in [-0.05, 0) is 26.7 Å². The van der Waals surface area contributed by atoms with Gasteiger partial charge in [0.1, 0.15) is 0 Å². The minimum absolute atomic E-state index is 0.958. The first-order chi connectivity index (χ1) is 8.91. The molecule has 0 unspecified atom stereocenters. The van der Waals surface area contributed by atoms with E-state index in [-0.39, 0.29) is 0 Å². The molecule has 0 atom stereocenters. The maximum absolute atomic E-state index is 4.27. The molecule has 0 amide bonds. The van der Waals surface area contributed by atoms with E-state index >= 15 is 0 Å². The van der Waals surface area contributed by atoms with Gasteiger partial charge in [-0.3, -0.25) is 9.98 Å². The standard InChI is InChI=1S/C14H30N4/c1-3-15-13-17-11-9-7-5-6-8-10-12-18-14-16-4-2/h13-14H,3-12H2,1-2H3,(H,15,17)(H,16,18). The molecule has 4 heteroatoms. The maximum Gasteiger partial charge on any atom is 0.0823 e. The van der Waals surface area contributed by atoms with Gasteiger partial charge in [-0.25, -0.2) is 0 Å². The van der Waals surface area contributed by atoms with Crippen LogP contribution < -0.4 is 10.6 Å². The van der Waals surface area contributed by atoms with Crippen LogP contribution in [0.1, 0.15) is 52.4 Å². The Balaban J connectivity index is 3.03. The van der Waals surface area contributed by atoms with Crippen LogP contribution in [-0.4, -0.2) is 38.9 Å². The van der Waals surface area contributed by atoms with Crippen molar-refractivity contribution in [3.8, 4) is 0 Å². The number of nitrogens with zero attached hydrogens (tertiary/aromatic N) is 2. The molecule has 0 aromatic carbocycles. The predicted octanol–water partition coefficient (Wildman–Crippen LogP) is 2.60. The molecule has 0 saturated carbocycles. The molecule has 0 fully saturated rings. The molecule has 0 saturated heterocycles. The quantitative estimate of drug-likeness (QED) is 0.301. The molecule has 0 rings (SSSR count). The van der Waals surface area contributed by atoms with E-state index in [0.717, 1.165) is 26.2 Å². The number of hydrogen-bond donors (Lipinski definition) is 2. The molecule has 0 radical (unpaired) electrons. The van der Waals surface area contributed by atoms with Crippen molar-refractivity contribution in [1.29, 1.82) is 0 Å². The van der Waals surface area contributed by atoms with Crippen LogP contribution in [0.5, 0.6) is 0 Å². The van der Waals surface area contributed by atoms with Gasteiger partial charge in [0.25, 0.3) is 0 Å². The minimum Gasteiger partial charge on any atom is -0.377 e. The van der Waals surface area contributed by atoms with Gasteiger partial charge in [-0.1, -0.05) is 25.7 Å². The smallest absolute Gasteiger partial charge is 0.0823 e. The first-order valence-corrected chi connectivity index (χ1v) is 7.35. The van der Waals surface area contributed by atoms with E-state index in [1.54, 1.807) is 0 Å². The molecule has 0 spiro atoms. The van der Waals surface area contributed by atoms with Crippen LogP contribution in [0.25, 0.3) is 0 Å². The highest BCUT2D eigenvalue weighted by Gasteiger charge is 1.90. The number of rotatable bonds is 13. The summed E-state index contributed by atoms with van der Waals surface area (Å²) in [7, 11) is 0. The van der Waals surface area contributed by atoms with Gasteiger partial charge < -0.3 is 10.6 Å². The molecular formula is C14H30N4. The highest BCUT2D eigenvalue weighted by atomic mass is 14.9. The Hall–Kier alpha value is -1.06. The van der Waals surface area contributed by atoms with Crippen LogP contribution in [-0.2, 0) is 0 Å². The second kappa shape index (κ2) is 15.9. The summed E-state index contributed by atoms with van der Waals surface area (Å²) in [4.78, 5) is 8.55. The summed E-state index contributed by atoms with van der Waals surface area (Å²) in [5.41, 5.74) is 0. The topological polar surface area (TPSA) is 48.8 Å². The van der Waals surface area contributed by atoms with Crippen molar-refractivity contribution < 1.29 is 0 Å². The summed E-state index contributed by atoms with van der Waals surface area (Å²) < 4.78 is 0. The predicted molar refractivity (Wildman–Crippen MR) is 81.8 cm³/mol. The van der Waals surface area contributed by atoms with E-state index in [2.05, 4.69) is 34.5 Å². The maximum atomic E-state index is 4.27. The Morgan fingerprint density at radius 3 is 1.44 bits per heavy atom. The number of aliphatic imine (C=N–C) groups is 2. The zero-order valence-electron chi connectivity index (χ0n) is 12.1. The zero-order valence-corrected chi connectivity index (χ0v) is 12.1. The van der Waals surface area contributed by atoms with Crippen LogP contribution in [0.4, 0.5) is 0 Å². The monoisotopic (exact) mass is 254 g/mol. The lowest BCUT2D eigenvalue weighted by Crippen LogP contribution is -2.09. The Labute approximate surface area is 112 Å². The third kappa shape index (κ3) is 14.9. The van der Waals surface area contributed by atoms with E-state index in [9.17, 15) is 0 Å². The van der Waals surface area contributed by atoms with Crippen molar-refractivity contribution in [1.82, 2.24) is 10.6 Å². The van der Waals surface area contributed by atoms with Gasteiger partial charge in [0, 0.05) is 26.2 Å². The van der Waals surface area contributed by atoms with Crippen LogP contribution in [0, 0.1) is 0 Å². The Kier molecular flexibility index (Phi) is 15.0. The third-order valence-corrected chi connectivity index (χ3v) is 2.60. The van der Waals surface area contributed by atoms with Gasteiger partial charge >= 0.3 is 0 Å². The van der Waals surface area contributed by atoms with Crippen molar-refractivity contribution in [2.75, 3.05) is 26.2 Å². The lowest BCUT2D eigenvalue weighted by atomic mass is 10.1. The molecule has 18 heavy (non-hydrogen) atoms. The van der Waals surface area contributed by atoms with Crippen LogP contribution in [0.2, 0.25) is 0 Å². The van der Waals surface area contributed by atoms with Crippen molar-refractivity contribution in [3.63, 3.8) is 0 Å². The largest absolute Gasteiger partial charge is 0.377 e. The second-order valence-corrected chi connectivity index (χ2v) is 4.31. The van der Waals surface area contributed by atoms with Gasteiger partial charge in [0.05, 0.1) is 12.7 Å². The van der Waals surface area contributed by atoms with Crippen LogP contribution in [0.15, 0.2) is 9.98 Å². The van der Waals surface area contributed by atoms with E-state index in [1.165, 1.54) is 38.5 Å². The van der Waals surface area contributed by atoms with Crippen molar-refractivity contribution in [2.45, 2.75) is 52.4 Å². The van der Waals surface area contributed by atoms with E-state index in [4.69, 9.17) is 0 Å². The summed E-state index contributed by atoms with van der Waals surface area (Å²) in [6, 6.07) is 0. The molecule has 0 aliphatic heterocycles. The molecule has 0 aliphatic rings. The number of hydrogen-bond acceptors (Lipinski definition) is 2. The summed E-state index contributed by atoms with van der Waals surface area (Å²) in [5.74, 6) is 0. The van der Waals surface area contributed by atoms with E-state index in [1.807, 2.05) is 12.7 Å². The average Bonchev–Trinajstić information content (AvgIpc) is 2.39. The molecule has 4 nitrogen and oxygen atoms in total. The lowest BCUT2D eigenvalue weighted by molar-refractivity contribution is 0.602. The molecule has 0 aromatic heterocycles. The Bertz CT molecular complexity index is 180. The molecule has 0 aliphatic carbocycles. The second-order valence-electron chi connectivity index (χ2n) is 4.31. The fraction of sp³-hybridized carbons (Fsp3) is 0.857. The summed E-state index contributed by atoms with van der Waals surface area (Å²) in [5, 5.41) is 6.16. The van der Waals surface area contributed by atoms with Crippen LogP contribution >= 0.6 is 0 Å². The average molecular weight is 254 g/mol. The van der Waals surface area contributed by atoms with Gasteiger partial charge in [-0.15, -0.1) is 0 Å². The SMILES string of the molecule is CCNC=NCCCCCCCCN=CNCC. The van der Waals surface area contributed by atoms with E-state index in [0.29, 0.717) is 0 Å². The van der Waals surface area contributed by atoms with Gasteiger partial charge in [-0.2, -0.15) is 0 Å².